The minimum absolute atomic E-state index is 0.228. The third kappa shape index (κ3) is 4.57. The van der Waals surface area contributed by atoms with Crippen molar-refractivity contribution in [2.45, 2.75) is 44.7 Å². The lowest BCUT2D eigenvalue weighted by Crippen LogP contribution is -2.44. The second kappa shape index (κ2) is 8.40. The lowest BCUT2D eigenvalue weighted by atomic mass is 9.93. The van der Waals surface area contributed by atoms with Crippen LogP contribution >= 0.6 is 0 Å². The summed E-state index contributed by atoms with van der Waals surface area (Å²) in [6, 6.07) is 8.93. The first kappa shape index (κ1) is 17.8. The van der Waals surface area contributed by atoms with Crippen LogP contribution in [0.3, 0.4) is 0 Å². The number of likely N-dealkylation sites (tertiary alicyclic amines) is 2. The highest BCUT2D eigenvalue weighted by atomic mass is 16.5. The maximum absolute atomic E-state index is 11.6. The second-order valence-corrected chi connectivity index (χ2v) is 8.06. The van der Waals surface area contributed by atoms with Gasteiger partial charge in [0.05, 0.1) is 0 Å². The number of nitrogens with one attached hydrogen (secondary N) is 1. The summed E-state index contributed by atoms with van der Waals surface area (Å²) >= 11 is 0. The Labute approximate surface area is 156 Å². The molecule has 3 saturated heterocycles. The smallest absolute Gasteiger partial charge is 0.220 e. The summed E-state index contributed by atoms with van der Waals surface area (Å²) in [4.78, 5) is 16.6. The van der Waals surface area contributed by atoms with Crippen molar-refractivity contribution in [3.63, 3.8) is 0 Å². The van der Waals surface area contributed by atoms with Crippen LogP contribution in [0.5, 0.6) is 5.75 Å². The summed E-state index contributed by atoms with van der Waals surface area (Å²) in [6.45, 7) is 7.26. The summed E-state index contributed by atoms with van der Waals surface area (Å²) in [5.41, 5.74) is 1.30. The normalized spacial score (nSPS) is 27.2. The van der Waals surface area contributed by atoms with Gasteiger partial charge in [0.15, 0.2) is 0 Å². The van der Waals surface area contributed by atoms with Crippen molar-refractivity contribution in [2.75, 3.05) is 39.3 Å². The van der Waals surface area contributed by atoms with E-state index < -0.39 is 0 Å². The number of nitrogens with zero attached hydrogens (tertiary/aromatic N) is 2. The van der Waals surface area contributed by atoms with Crippen molar-refractivity contribution >= 4 is 5.91 Å². The molecule has 5 nitrogen and oxygen atoms in total. The van der Waals surface area contributed by atoms with Crippen LogP contribution in [0.15, 0.2) is 24.3 Å². The number of carbonyl (C=O) groups is 1. The fourth-order valence-electron chi connectivity index (χ4n) is 4.62. The van der Waals surface area contributed by atoms with Gasteiger partial charge in [0.25, 0.3) is 0 Å². The van der Waals surface area contributed by atoms with E-state index >= 15 is 0 Å². The Bertz CT molecular complexity index is 615. The van der Waals surface area contributed by atoms with Gasteiger partial charge in [0.1, 0.15) is 12.4 Å². The summed E-state index contributed by atoms with van der Waals surface area (Å²) in [7, 11) is 0. The van der Waals surface area contributed by atoms with Gasteiger partial charge in [-0.2, -0.15) is 0 Å². The molecule has 3 aliphatic rings. The average molecular weight is 357 g/mol. The largest absolute Gasteiger partial charge is 0.492 e. The number of amides is 1. The zero-order chi connectivity index (χ0) is 17.8. The highest BCUT2D eigenvalue weighted by Crippen LogP contribution is 2.26. The topological polar surface area (TPSA) is 44.8 Å². The Kier molecular flexibility index (Phi) is 5.75. The summed E-state index contributed by atoms with van der Waals surface area (Å²) in [5.74, 6) is 1.69. The monoisotopic (exact) mass is 357 g/mol. The van der Waals surface area contributed by atoms with E-state index in [1.165, 1.54) is 37.9 Å². The molecule has 26 heavy (non-hydrogen) atoms. The highest BCUT2D eigenvalue weighted by Gasteiger charge is 2.36. The van der Waals surface area contributed by atoms with Crippen LogP contribution in [0.4, 0.5) is 0 Å². The SMILES string of the molecule is O=C1C[C@@H]2CN(Cc3cccc(OCCN4CCCCC4)c3)CC[C@@H]2N1. The van der Waals surface area contributed by atoms with Crippen LogP contribution in [0, 0.1) is 5.92 Å². The van der Waals surface area contributed by atoms with E-state index in [1.807, 2.05) is 0 Å². The molecule has 142 valence electrons. The zero-order valence-corrected chi connectivity index (χ0v) is 15.7. The molecule has 5 heteroatoms. The predicted molar refractivity (Wildman–Crippen MR) is 102 cm³/mol. The number of fused-ring (bicyclic) bond motifs is 1. The molecule has 1 aromatic carbocycles. The van der Waals surface area contributed by atoms with Crippen LogP contribution in [0.1, 0.15) is 37.7 Å². The van der Waals surface area contributed by atoms with Gasteiger partial charge in [0, 0.05) is 44.6 Å². The van der Waals surface area contributed by atoms with E-state index in [9.17, 15) is 4.79 Å². The Balaban J connectivity index is 1.25. The molecule has 3 fully saturated rings. The number of ether oxygens (including phenoxy) is 1. The van der Waals surface area contributed by atoms with E-state index in [0.29, 0.717) is 18.4 Å². The average Bonchev–Trinajstić information content (AvgIpc) is 3.02. The van der Waals surface area contributed by atoms with E-state index in [0.717, 1.165) is 45.0 Å². The predicted octanol–water partition coefficient (Wildman–Crippen LogP) is 2.26. The van der Waals surface area contributed by atoms with Crippen LogP contribution < -0.4 is 10.1 Å². The van der Waals surface area contributed by atoms with Gasteiger partial charge >= 0.3 is 0 Å². The number of benzene rings is 1. The maximum Gasteiger partial charge on any atom is 0.220 e. The Hall–Kier alpha value is -1.59. The van der Waals surface area contributed by atoms with Gasteiger partial charge in [-0.25, -0.2) is 0 Å². The molecule has 0 aliphatic carbocycles. The Morgan fingerprint density at radius 3 is 2.88 bits per heavy atom. The third-order valence-electron chi connectivity index (χ3n) is 6.04. The fourth-order valence-corrected chi connectivity index (χ4v) is 4.62. The molecule has 0 unspecified atom stereocenters. The molecule has 1 amide bonds. The van der Waals surface area contributed by atoms with Crippen LogP contribution in [0.25, 0.3) is 0 Å². The molecule has 0 saturated carbocycles. The lowest BCUT2D eigenvalue weighted by molar-refractivity contribution is -0.119. The van der Waals surface area contributed by atoms with Gasteiger partial charge in [-0.05, 0) is 50.0 Å². The molecular weight excluding hydrogens is 326 g/mol. The second-order valence-electron chi connectivity index (χ2n) is 8.06. The molecule has 3 heterocycles. The van der Waals surface area contributed by atoms with Gasteiger partial charge in [-0.15, -0.1) is 0 Å². The lowest BCUT2D eigenvalue weighted by Gasteiger charge is -2.34. The molecule has 4 rings (SSSR count). The maximum atomic E-state index is 11.6. The number of carbonyl (C=O) groups excluding carboxylic acids is 1. The van der Waals surface area contributed by atoms with Gasteiger partial charge < -0.3 is 10.1 Å². The molecule has 3 aliphatic heterocycles. The number of hydrogen-bond acceptors (Lipinski definition) is 4. The van der Waals surface area contributed by atoms with Crippen molar-refractivity contribution in [2.24, 2.45) is 5.92 Å². The molecule has 2 atom stereocenters. The van der Waals surface area contributed by atoms with Crippen molar-refractivity contribution in [1.29, 1.82) is 0 Å². The number of rotatable bonds is 6. The molecule has 1 aromatic rings. The third-order valence-corrected chi connectivity index (χ3v) is 6.04. The first-order valence-corrected chi connectivity index (χ1v) is 10.2. The Morgan fingerprint density at radius 2 is 2.00 bits per heavy atom. The Morgan fingerprint density at radius 1 is 1.12 bits per heavy atom. The van der Waals surface area contributed by atoms with Crippen LogP contribution in [-0.4, -0.2) is 61.1 Å². The minimum Gasteiger partial charge on any atom is -0.492 e. The van der Waals surface area contributed by atoms with Crippen molar-refractivity contribution in [3.05, 3.63) is 29.8 Å². The summed E-state index contributed by atoms with van der Waals surface area (Å²) in [6.07, 6.45) is 5.80. The highest BCUT2D eigenvalue weighted by molar-refractivity contribution is 5.79. The molecule has 0 bridgehead atoms. The van der Waals surface area contributed by atoms with Crippen molar-refractivity contribution in [1.82, 2.24) is 15.1 Å². The van der Waals surface area contributed by atoms with Gasteiger partial charge in [-0.3, -0.25) is 14.6 Å². The van der Waals surface area contributed by atoms with E-state index in [2.05, 4.69) is 39.4 Å². The summed E-state index contributed by atoms with van der Waals surface area (Å²) < 4.78 is 6.01. The van der Waals surface area contributed by atoms with E-state index in [1.54, 1.807) is 0 Å². The van der Waals surface area contributed by atoms with Gasteiger partial charge in [0.2, 0.25) is 5.91 Å². The molecule has 0 aromatic heterocycles. The molecular formula is C21H31N3O2. The fraction of sp³-hybridized carbons (Fsp3) is 0.667. The van der Waals surface area contributed by atoms with Crippen molar-refractivity contribution < 1.29 is 9.53 Å². The van der Waals surface area contributed by atoms with Crippen molar-refractivity contribution in [3.8, 4) is 5.75 Å². The molecule has 0 spiro atoms. The van der Waals surface area contributed by atoms with E-state index in [4.69, 9.17) is 4.74 Å². The first-order valence-electron chi connectivity index (χ1n) is 10.2. The quantitative estimate of drug-likeness (QED) is 0.848. The summed E-state index contributed by atoms with van der Waals surface area (Å²) in [5, 5.41) is 3.11. The standard InChI is InChI=1S/C21H31N3O2/c25-21-14-18-16-24(10-7-20(18)22-21)15-17-5-4-6-19(13-17)26-12-11-23-8-2-1-3-9-23/h4-6,13,18,20H,1-3,7-12,14-16H2,(H,22,25)/t18-,20+/m1/s1. The number of piperidine rings is 2. The van der Waals surface area contributed by atoms with E-state index in [-0.39, 0.29) is 5.91 Å². The number of hydrogen-bond donors (Lipinski definition) is 1. The zero-order valence-electron chi connectivity index (χ0n) is 15.7. The molecule has 1 N–H and O–H groups in total. The van der Waals surface area contributed by atoms with Gasteiger partial charge in [-0.1, -0.05) is 18.6 Å². The van der Waals surface area contributed by atoms with Crippen LogP contribution in [-0.2, 0) is 11.3 Å². The molecule has 0 radical (unpaired) electrons. The minimum atomic E-state index is 0.228. The first-order chi connectivity index (χ1) is 12.8. The van der Waals surface area contributed by atoms with Crippen LogP contribution in [0.2, 0.25) is 0 Å².